The number of allylic oxidation sites excluding steroid dienone is 1. The maximum Gasteiger partial charge on any atom is 0.144 e. The highest BCUT2D eigenvalue weighted by molar-refractivity contribution is 5.91. The third kappa shape index (κ3) is 4.80. The van der Waals surface area contributed by atoms with E-state index in [1.54, 1.807) is 0 Å². The number of fused-ring (bicyclic) bond motifs is 1. The SMILES string of the molecule is C=C(CCCOc1cccc(N(C)c2nc(C)nc3ccccc23)c1)OCC. The Hall–Kier alpha value is -3.08. The third-order valence-corrected chi connectivity index (χ3v) is 4.43. The van der Waals surface area contributed by atoms with Gasteiger partial charge in [0.1, 0.15) is 17.4 Å². The summed E-state index contributed by atoms with van der Waals surface area (Å²) >= 11 is 0. The van der Waals surface area contributed by atoms with Gasteiger partial charge in [-0.25, -0.2) is 9.97 Å². The van der Waals surface area contributed by atoms with Crippen LogP contribution in [0.4, 0.5) is 11.5 Å². The smallest absolute Gasteiger partial charge is 0.144 e. The lowest BCUT2D eigenvalue weighted by Crippen LogP contribution is -2.13. The molecular formula is C23H27N3O2. The molecule has 0 saturated heterocycles. The molecule has 2 aromatic carbocycles. The van der Waals surface area contributed by atoms with E-state index in [1.165, 1.54) is 0 Å². The van der Waals surface area contributed by atoms with E-state index in [-0.39, 0.29) is 0 Å². The number of aromatic nitrogens is 2. The van der Waals surface area contributed by atoms with Gasteiger partial charge in [0.05, 0.1) is 24.5 Å². The maximum atomic E-state index is 5.92. The van der Waals surface area contributed by atoms with E-state index in [0.717, 1.165) is 52.6 Å². The van der Waals surface area contributed by atoms with Gasteiger partial charge in [-0.1, -0.05) is 24.8 Å². The van der Waals surface area contributed by atoms with Crippen LogP contribution in [0.3, 0.4) is 0 Å². The summed E-state index contributed by atoms with van der Waals surface area (Å²) in [5.41, 5.74) is 1.96. The van der Waals surface area contributed by atoms with Gasteiger partial charge in [-0.2, -0.15) is 0 Å². The third-order valence-electron chi connectivity index (χ3n) is 4.43. The number of ether oxygens (including phenoxy) is 2. The van der Waals surface area contributed by atoms with Gasteiger partial charge in [0.2, 0.25) is 0 Å². The summed E-state index contributed by atoms with van der Waals surface area (Å²) in [7, 11) is 2.01. The number of hydrogen-bond acceptors (Lipinski definition) is 5. The molecular weight excluding hydrogens is 350 g/mol. The molecule has 0 aliphatic rings. The van der Waals surface area contributed by atoms with E-state index in [0.29, 0.717) is 13.2 Å². The maximum absolute atomic E-state index is 5.92. The number of aryl methyl sites for hydroxylation is 1. The number of anilines is 2. The highest BCUT2D eigenvalue weighted by Gasteiger charge is 2.12. The predicted octanol–water partition coefficient (Wildman–Crippen LogP) is 5.42. The summed E-state index contributed by atoms with van der Waals surface area (Å²) in [6.45, 7) is 9.05. The van der Waals surface area contributed by atoms with Crippen molar-refractivity contribution in [2.75, 3.05) is 25.2 Å². The topological polar surface area (TPSA) is 47.5 Å². The first-order valence-corrected chi connectivity index (χ1v) is 9.59. The standard InChI is InChI=1S/C23H27N3O2/c1-5-27-17(2)10-9-15-28-20-12-8-11-19(16-20)26(4)23-21-13-6-7-14-22(21)24-18(3)25-23/h6-8,11-14,16H,2,5,9-10,15H2,1,3-4H3. The minimum absolute atomic E-state index is 0.620. The predicted molar refractivity (Wildman–Crippen MR) is 114 cm³/mol. The second-order valence-corrected chi connectivity index (χ2v) is 6.59. The van der Waals surface area contributed by atoms with Gasteiger partial charge in [-0.15, -0.1) is 0 Å². The summed E-state index contributed by atoms with van der Waals surface area (Å²) in [4.78, 5) is 11.3. The van der Waals surface area contributed by atoms with Crippen LogP contribution in [0, 0.1) is 6.92 Å². The van der Waals surface area contributed by atoms with Crippen LogP contribution < -0.4 is 9.64 Å². The van der Waals surface area contributed by atoms with Gasteiger partial charge in [0.25, 0.3) is 0 Å². The summed E-state index contributed by atoms with van der Waals surface area (Å²) in [5, 5.41) is 1.02. The quantitative estimate of drug-likeness (QED) is 0.368. The zero-order chi connectivity index (χ0) is 19.9. The van der Waals surface area contributed by atoms with Crippen LogP contribution in [0.25, 0.3) is 10.9 Å². The Morgan fingerprint density at radius 1 is 1.11 bits per heavy atom. The Balaban J connectivity index is 1.73. The highest BCUT2D eigenvalue weighted by atomic mass is 16.5. The largest absolute Gasteiger partial charge is 0.499 e. The van der Waals surface area contributed by atoms with E-state index in [1.807, 2.05) is 63.4 Å². The average molecular weight is 377 g/mol. The molecule has 3 aromatic rings. The molecule has 0 fully saturated rings. The molecule has 0 aliphatic carbocycles. The molecule has 0 N–H and O–H groups in total. The van der Waals surface area contributed by atoms with Crippen LogP contribution in [0.5, 0.6) is 5.75 Å². The van der Waals surface area contributed by atoms with Crippen molar-refractivity contribution in [3.63, 3.8) is 0 Å². The van der Waals surface area contributed by atoms with Crippen LogP contribution in [-0.2, 0) is 4.74 Å². The van der Waals surface area contributed by atoms with E-state index >= 15 is 0 Å². The van der Waals surface area contributed by atoms with Crippen molar-refractivity contribution in [2.24, 2.45) is 0 Å². The molecule has 146 valence electrons. The fourth-order valence-electron chi connectivity index (χ4n) is 3.07. The molecule has 0 bridgehead atoms. The number of benzene rings is 2. The van der Waals surface area contributed by atoms with E-state index in [4.69, 9.17) is 9.47 Å². The van der Waals surface area contributed by atoms with Crippen molar-refractivity contribution in [3.8, 4) is 5.75 Å². The van der Waals surface area contributed by atoms with Crippen molar-refractivity contribution < 1.29 is 9.47 Å². The molecule has 0 amide bonds. The molecule has 3 rings (SSSR count). The van der Waals surface area contributed by atoms with Crippen LogP contribution in [0.2, 0.25) is 0 Å². The Kier molecular flexibility index (Phi) is 6.48. The van der Waals surface area contributed by atoms with Crippen molar-refractivity contribution in [3.05, 3.63) is 66.7 Å². The number of rotatable bonds is 9. The van der Waals surface area contributed by atoms with Crippen LogP contribution in [-0.4, -0.2) is 30.2 Å². The fourth-order valence-corrected chi connectivity index (χ4v) is 3.07. The average Bonchev–Trinajstić information content (AvgIpc) is 2.70. The minimum Gasteiger partial charge on any atom is -0.499 e. The zero-order valence-electron chi connectivity index (χ0n) is 16.8. The number of hydrogen-bond donors (Lipinski definition) is 0. The highest BCUT2D eigenvalue weighted by Crippen LogP contribution is 2.30. The second-order valence-electron chi connectivity index (χ2n) is 6.59. The molecule has 0 saturated carbocycles. The van der Waals surface area contributed by atoms with E-state index < -0.39 is 0 Å². The fraction of sp³-hybridized carbons (Fsp3) is 0.304. The van der Waals surface area contributed by atoms with Crippen LogP contribution in [0.15, 0.2) is 60.9 Å². The lowest BCUT2D eigenvalue weighted by molar-refractivity contribution is 0.211. The lowest BCUT2D eigenvalue weighted by atomic mass is 10.2. The van der Waals surface area contributed by atoms with Crippen molar-refractivity contribution in [2.45, 2.75) is 26.7 Å². The molecule has 0 radical (unpaired) electrons. The summed E-state index contributed by atoms with van der Waals surface area (Å²) in [6.07, 6.45) is 1.67. The molecule has 0 atom stereocenters. The van der Waals surface area contributed by atoms with Crippen LogP contribution in [0.1, 0.15) is 25.6 Å². The Morgan fingerprint density at radius 2 is 1.93 bits per heavy atom. The van der Waals surface area contributed by atoms with Crippen molar-refractivity contribution >= 4 is 22.4 Å². The van der Waals surface area contributed by atoms with Crippen molar-refractivity contribution in [1.82, 2.24) is 9.97 Å². The van der Waals surface area contributed by atoms with Gasteiger partial charge < -0.3 is 14.4 Å². The normalized spacial score (nSPS) is 10.7. The van der Waals surface area contributed by atoms with E-state index in [9.17, 15) is 0 Å². The van der Waals surface area contributed by atoms with Gasteiger partial charge in [-0.05, 0) is 44.5 Å². The monoisotopic (exact) mass is 377 g/mol. The first-order chi connectivity index (χ1) is 13.6. The van der Waals surface area contributed by atoms with E-state index in [2.05, 4.69) is 27.5 Å². The first-order valence-electron chi connectivity index (χ1n) is 9.59. The van der Waals surface area contributed by atoms with Gasteiger partial charge >= 0.3 is 0 Å². The Morgan fingerprint density at radius 3 is 2.75 bits per heavy atom. The molecule has 0 unspecified atom stereocenters. The van der Waals surface area contributed by atoms with Crippen LogP contribution >= 0.6 is 0 Å². The second kappa shape index (κ2) is 9.22. The molecule has 28 heavy (non-hydrogen) atoms. The Bertz CT molecular complexity index is 955. The molecule has 0 spiro atoms. The summed E-state index contributed by atoms with van der Waals surface area (Å²) < 4.78 is 11.3. The molecule has 1 heterocycles. The van der Waals surface area contributed by atoms with Gasteiger partial charge in [-0.3, -0.25) is 0 Å². The van der Waals surface area contributed by atoms with Gasteiger partial charge in [0.15, 0.2) is 0 Å². The summed E-state index contributed by atoms with van der Waals surface area (Å²) in [5.74, 6) is 3.28. The van der Waals surface area contributed by atoms with Crippen molar-refractivity contribution in [1.29, 1.82) is 0 Å². The summed E-state index contributed by atoms with van der Waals surface area (Å²) in [6, 6.07) is 16.1. The first kappa shape index (κ1) is 19.7. The van der Waals surface area contributed by atoms with Gasteiger partial charge in [0, 0.05) is 30.6 Å². The number of para-hydroxylation sites is 1. The molecule has 1 aromatic heterocycles. The lowest BCUT2D eigenvalue weighted by Gasteiger charge is -2.21. The molecule has 5 nitrogen and oxygen atoms in total. The molecule has 5 heteroatoms. The Labute approximate surface area is 166 Å². The zero-order valence-corrected chi connectivity index (χ0v) is 16.8. The molecule has 0 aliphatic heterocycles. The minimum atomic E-state index is 0.620. The number of nitrogens with zero attached hydrogens (tertiary/aromatic N) is 3.